The van der Waals surface area contributed by atoms with E-state index >= 15 is 0 Å². The van der Waals surface area contributed by atoms with Crippen molar-refractivity contribution in [3.05, 3.63) is 29.6 Å². The molecule has 3 nitrogen and oxygen atoms in total. The van der Waals surface area contributed by atoms with Gasteiger partial charge < -0.3 is 16.0 Å². The minimum Gasteiger partial charge on any atom is -0.389 e. The van der Waals surface area contributed by atoms with E-state index in [0.29, 0.717) is 11.3 Å². The Bertz CT molecular complexity index is 407. The molecule has 0 radical (unpaired) electrons. The van der Waals surface area contributed by atoms with Crippen LogP contribution in [0.4, 0.5) is 10.1 Å². The van der Waals surface area contributed by atoms with Crippen LogP contribution in [0.1, 0.15) is 12.5 Å². The first-order valence-electron chi connectivity index (χ1n) is 5.40. The lowest BCUT2D eigenvalue weighted by Gasteiger charge is -2.19. The highest BCUT2D eigenvalue weighted by atomic mass is 32.1. The predicted molar refractivity (Wildman–Crippen MR) is 73.9 cm³/mol. The molecule has 1 rings (SSSR count). The van der Waals surface area contributed by atoms with Crippen molar-refractivity contribution in [2.75, 3.05) is 26.0 Å². The maximum Gasteiger partial charge on any atom is 0.146 e. The Labute approximate surface area is 107 Å². The fourth-order valence-electron chi connectivity index (χ4n) is 1.64. The summed E-state index contributed by atoms with van der Waals surface area (Å²) >= 11 is 4.79. The van der Waals surface area contributed by atoms with Gasteiger partial charge in [-0.25, -0.2) is 4.39 Å². The maximum absolute atomic E-state index is 13.7. The van der Waals surface area contributed by atoms with E-state index in [4.69, 9.17) is 18.0 Å². The molecule has 1 aromatic carbocycles. The molecule has 1 aromatic rings. The lowest BCUT2D eigenvalue weighted by Crippen LogP contribution is -2.30. The molecule has 0 amide bonds. The summed E-state index contributed by atoms with van der Waals surface area (Å²) in [6, 6.07) is 4.90. The van der Waals surface area contributed by atoms with Crippen molar-refractivity contribution in [1.82, 2.24) is 4.90 Å². The molecule has 0 aliphatic heterocycles. The SMILES string of the molecule is CC(CN(C)C)Nc1ccc(C(N)=S)cc1F. The van der Waals surface area contributed by atoms with Gasteiger partial charge in [0.15, 0.2) is 0 Å². The van der Waals surface area contributed by atoms with E-state index < -0.39 is 0 Å². The third-order valence-electron chi connectivity index (χ3n) is 2.29. The maximum atomic E-state index is 13.7. The Morgan fingerprint density at radius 1 is 1.53 bits per heavy atom. The summed E-state index contributed by atoms with van der Waals surface area (Å²) in [5.41, 5.74) is 6.45. The van der Waals surface area contributed by atoms with E-state index in [9.17, 15) is 4.39 Å². The van der Waals surface area contributed by atoms with Crippen LogP contribution in [0.5, 0.6) is 0 Å². The largest absolute Gasteiger partial charge is 0.389 e. The van der Waals surface area contributed by atoms with Gasteiger partial charge in [-0.3, -0.25) is 0 Å². The fraction of sp³-hybridized carbons (Fsp3) is 0.417. The van der Waals surface area contributed by atoms with Gasteiger partial charge in [-0.2, -0.15) is 0 Å². The highest BCUT2D eigenvalue weighted by Crippen LogP contribution is 2.16. The van der Waals surface area contributed by atoms with Gasteiger partial charge in [-0.15, -0.1) is 0 Å². The first-order chi connectivity index (χ1) is 7.90. The molecule has 0 saturated carbocycles. The predicted octanol–water partition coefficient (Wildman–Crippen LogP) is 1.82. The number of thiocarbonyl (C=S) groups is 1. The molecule has 5 heteroatoms. The standard InChI is InChI=1S/C12H18FN3S/c1-8(7-16(2)3)15-11-5-4-9(12(14)17)6-10(11)13/h4-6,8,15H,7H2,1-3H3,(H2,14,17). The number of nitrogens with zero attached hydrogens (tertiary/aromatic N) is 1. The highest BCUT2D eigenvalue weighted by molar-refractivity contribution is 7.80. The number of nitrogens with two attached hydrogens (primary N) is 1. The Hall–Kier alpha value is -1.20. The summed E-state index contributed by atoms with van der Waals surface area (Å²) in [5.74, 6) is -0.332. The molecule has 0 spiro atoms. The van der Waals surface area contributed by atoms with Crippen LogP contribution >= 0.6 is 12.2 Å². The fourth-order valence-corrected chi connectivity index (χ4v) is 1.77. The van der Waals surface area contributed by atoms with E-state index in [1.165, 1.54) is 6.07 Å². The second-order valence-electron chi connectivity index (χ2n) is 4.37. The first-order valence-corrected chi connectivity index (χ1v) is 5.81. The minimum atomic E-state index is -0.332. The van der Waals surface area contributed by atoms with Crippen LogP contribution < -0.4 is 11.1 Å². The van der Waals surface area contributed by atoms with Crippen molar-refractivity contribution in [2.45, 2.75) is 13.0 Å². The number of hydrogen-bond donors (Lipinski definition) is 2. The van der Waals surface area contributed by atoms with Crippen molar-refractivity contribution >= 4 is 22.9 Å². The molecule has 0 fully saturated rings. The van der Waals surface area contributed by atoms with Gasteiger partial charge in [-0.05, 0) is 39.2 Å². The van der Waals surface area contributed by atoms with Crippen molar-refractivity contribution in [3.63, 3.8) is 0 Å². The van der Waals surface area contributed by atoms with E-state index in [0.717, 1.165) is 6.54 Å². The molecule has 3 N–H and O–H groups in total. The zero-order chi connectivity index (χ0) is 13.0. The number of benzene rings is 1. The normalized spacial score (nSPS) is 12.5. The summed E-state index contributed by atoms with van der Waals surface area (Å²) in [4.78, 5) is 2.25. The zero-order valence-electron chi connectivity index (χ0n) is 10.3. The lowest BCUT2D eigenvalue weighted by molar-refractivity contribution is 0.391. The molecule has 1 unspecified atom stereocenters. The van der Waals surface area contributed by atoms with Gasteiger partial charge in [0.1, 0.15) is 10.8 Å². The van der Waals surface area contributed by atoms with E-state index in [-0.39, 0.29) is 16.8 Å². The monoisotopic (exact) mass is 255 g/mol. The third-order valence-corrected chi connectivity index (χ3v) is 2.53. The smallest absolute Gasteiger partial charge is 0.146 e. The average Bonchev–Trinajstić information content (AvgIpc) is 2.19. The molecule has 0 bridgehead atoms. The number of rotatable bonds is 5. The van der Waals surface area contributed by atoms with Crippen LogP contribution in [0.15, 0.2) is 18.2 Å². The lowest BCUT2D eigenvalue weighted by atomic mass is 10.2. The first kappa shape index (κ1) is 13.9. The van der Waals surface area contributed by atoms with Crippen molar-refractivity contribution in [1.29, 1.82) is 0 Å². The number of nitrogens with one attached hydrogen (secondary N) is 1. The Balaban J connectivity index is 2.75. The van der Waals surface area contributed by atoms with Gasteiger partial charge in [0.25, 0.3) is 0 Å². The molecule has 17 heavy (non-hydrogen) atoms. The van der Waals surface area contributed by atoms with Gasteiger partial charge >= 0.3 is 0 Å². The van der Waals surface area contributed by atoms with Crippen LogP contribution in [-0.4, -0.2) is 36.6 Å². The number of hydrogen-bond acceptors (Lipinski definition) is 3. The number of halogens is 1. The van der Waals surface area contributed by atoms with E-state index in [2.05, 4.69) is 5.32 Å². The van der Waals surface area contributed by atoms with Gasteiger partial charge in [0.05, 0.1) is 5.69 Å². The molecule has 0 aliphatic carbocycles. The Morgan fingerprint density at radius 2 is 2.18 bits per heavy atom. The van der Waals surface area contributed by atoms with Crippen LogP contribution in [0, 0.1) is 5.82 Å². The number of anilines is 1. The molecular formula is C12H18FN3S. The van der Waals surface area contributed by atoms with Crippen LogP contribution in [0.3, 0.4) is 0 Å². The molecule has 1 atom stereocenters. The Morgan fingerprint density at radius 3 is 2.65 bits per heavy atom. The van der Waals surface area contributed by atoms with Crippen molar-refractivity contribution in [2.24, 2.45) is 5.73 Å². The molecule has 0 saturated heterocycles. The summed E-state index contributed by atoms with van der Waals surface area (Å²) in [6.07, 6.45) is 0. The molecule has 94 valence electrons. The zero-order valence-corrected chi connectivity index (χ0v) is 11.1. The van der Waals surface area contributed by atoms with E-state index in [1.54, 1.807) is 12.1 Å². The summed E-state index contributed by atoms with van der Waals surface area (Å²) in [5, 5.41) is 3.11. The summed E-state index contributed by atoms with van der Waals surface area (Å²) in [7, 11) is 3.95. The topological polar surface area (TPSA) is 41.3 Å². The second-order valence-corrected chi connectivity index (χ2v) is 4.81. The van der Waals surface area contributed by atoms with Crippen molar-refractivity contribution in [3.8, 4) is 0 Å². The van der Waals surface area contributed by atoms with Gasteiger partial charge in [-0.1, -0.05) is 12.2 Å². The molecular weight excluding hydrogens is 237 g/mol. The summed E-state index contributed by atoms with van der Waals surface area (Å²) in [6.45, 7) is 2.83. The van der Waals surface area contributed by atoms with Gasteiger partial charge in [0, 0.05) is 18.2 Å². The van der Waals surface area contributed by atoms with Crippen LogP contribution in [-0.2, 0) is 0 Å². The third kappa shape index (κ3) is 4.28. The number of likely N-dealkylation sites (N-methyl/N-ethyl adjacent to an activating group) is 1. The second kappa shape index (κ2) is 5.93. The average molecular weight is 255 g/mol. The highest BCUT2D eigenvalue weighted by Gasteiger charge is 2.08. The van der Waals surface area contributed by atoms with Crippen LogP contribution in [0.25, 0.3) is 0 Å². The van der Waals surface area contributed by atoms with Crippen molar-refractivity contribution < 1.29 is 4.39 Å². The quantitative estimate of drug-likeness (QED) is 0.788. The molecule has 0 aromatic heterocycles. The Kier molecular flexibility index (Phi) is 4.84. The van der Waals surface area contributed by atoms with Crippen LogP contribution in [0.2, 0.25) is 0 Å². The van der Waals surface area contributed by atoms with E-state index in [1.807, 2.05) is 25.9 Å². The molecule has 0 heterocycles. The molecule has 0 aliphatic rings. The van der Waals surface area contributed by atoms with Gasteiger partial charge in [0.2, 0.25) is 0 Å². The minimum absolute atomic E-state index is 0.162. The summed E-state index contributed by atoms with van der Waals surface area (Å²) < 4.78 is 13.7.